The Labute approximate surface area is 128 Å². The molecule has 0 atom stereocenters. The number of aryl methyl sites for hydroxylation is 2. The van der Waals surface area contributed by atoms with Crippen molar-refractivity contribution in [3.63, 3.8) is 0 Å². The Kier molecular flexibility index (Phi) is 4.57. The summed E-state index contributed by atoms with van der Waals surface area (Å²) in [5.74, 6) is 0. The monoisotopic (exact) mass is 289 g/mol. The zero-order valence-electron chi connectivity index (χ0n) is 13.9. The molecule has 1 aliphatic rings. The van der Waals surface area contributed by atoms with Crippen molar-refractivity contribution in [2.24, 2.45) is 0 Å². The molecule has 1 aliphatic heterocycles. The van der Waals surface area contributed by atoms with Crippen molar-refractivity contribution in [1.82, 2.24) is 9.80 Å². The average molecular weight is 289 g/mol. The minimum absolute atomic E-state index is 0.00125. The van der Waals surface area contributed by atoms with Gasteiger partial charge in [-0.25, -0.2) is 4.79 Å². The standard InChI is InChI=1S/C17H27N3O/c1-13-8-6-9-14(2)15(13)18-16(21)19-10-7-11-20(12-19)17(3,4)5/h6,8-9H,7,10-12H2,1-5H3,(H,18,21). The van der Waals surface area contributed by atoms with E-state index in [0.29, 0.717) is 6.67 Å². The molecule has 0 radical (unpaired) electrons. The Balaban J connectivity index is 2.07. The summed E-state index contributed by atoms with van der Waals surface area (Å²) in [5, 5.41) is 3.08. The Hall–Kier alpha value is -1.55. The van der Waals surface area contributed by atoms with Gasteiger partial charge in [-0.15, -0.1) is 0 Å². The molecule has 1 aromatic carbocycles. The third-order valence-electron chi connectivity index (χ3n) is 4.15. The number of hydrogen-bond acceptors (Lipinski definition) is 2. The first kappa shape index (κ1) is 15.8. The van der Waals surface area contributed by atoms with E-state index in [1.165, 1.54) is 0 Å². The minimum atomic E-state index is 0.00125. The first-order valence-electron chi connectivity index (χ1n) is 7.66. The van der Waals surface area contributed by atoms with Crippen LogP contribution in [0.15, 0.2) is 18.2 Å². The highest BCUT2D eigenvalue weighted by atomic mass is 16.2. The van der Waals surface area contributed by atoms with Crippen molar-refractivity contribution >= 4 is 11.7 Å². The zero-order chi connectivity index (χ0) is 15.6. The summed E-state index contributed by atoms with van der Waals surface area (Å²) >= 11 is 0. The summed E-state index contributed by atoms with van der Waals surface area (Å²) in [5.41, 5.74) is 3.24. The molecule has 0 saturated carbocycles. The molecule has 1 N–H and O–H groups in total. The maximum absolute atomic E-state index is 12.5. The Morgan fingerprint density at radius 1 is 1.14 bits per heavy atom. The highest BCUT2D eigenvalue weighted by molar-refractivity contribution is 5.91. The number of nitrogens with zero attached hydrogens (tertiary/aromatic N) is 2. The summed E-state index contributed by atoms with van der Waals surface area (Å²) in [4.78, 5) is 16.8. The van der Waals surface area contributed by atoms with Gasteiger partial charge in [-0.1, -0.05) is 18.2 Å². The van der Waals surface area contributed by atoms with Gasteiger partial charge >= 0.3 is 6.03 Å². The smallest absolute Gasteiger partial charge is 0.311 e. The second kappa shape index (κ2) is 6.06. The quantitative estimate of drug-likeness (QED) is 0.857. The fourth-order valence-electron chi connectivity index (χ4n) is 2.71. The third kappa shape index (κ3) is 3.76. The number of nitrogens with one attached hydrogen (secondary N) is 1. The lowest BCUT2D eigenvalue weighted by molar-refractivity contribution is 0.0427. The van der Waals surface area contributed by atoms with Crippen molar-refractivity contribution in [1.29, 1.82) is 0 Å². The topological polar surface area (TPSA) is 35.6 Å². The molecule has 1 aromatic rings. The van der Waals surface area contributed by atoms with Gasteiger partial charge in [0.1, 0.15) is 0 Å². The van der Waals surface area contributed by atoms with E-state index in [9.17, 15) is 4.79 Å². The molecule has 0 unspecified atom stereocenters. The van der Waals surface area contributed by atoms with E-state index in [4.69, 9.17) is 0 Å². The lowest BCUT2D eigenvalue weighted by Crippen LogP contribution is -2.55. The van der Waals surface area contributed by atoms with Crippen LogP contribution in [0.25, 0.3) is 0 Å². The number of para-hydroxylation sites is 1. The van der Waals surface area contributed by atoms with Gasteiger partial charge in [-0.05, 0) is 52.2 Å². The van der Waals surface area contributed by atoms with E-state index in [0.717, 1.165) is 36.3 Å². The molecule has 4 nitrogen and oxygen atoms in total. The molecule has 1 saturated heterocycles. The van der Waals surface area contributed by atoms with Gasteiger partial charge < -0.3 is 10.2 Å². The van der Waals surface area contributed by atoms with Crippen molar-refractivity contribution in [3.8, 4) is 0 Å². The van der Waals surface area contributed by atoms with Gasteiger partial charge in [-0.3, -0.25) is 4.90 Å². The first-order chi connectivity index (χ1) is 9.79. The van der Waals surface area contributed by atoms with Gasteiger partial charge in [0.2, 0.25) is 0 Å². The highest BCUT2D eigenvalue weighted by Gasteiger charge is 2.28. The second-order valence-corrected chi connectivity index (χ2v) is 6.89. The first-order valence-corrected chi connectivity index (χ1v) is 7.66. The fourth-order valence-corrected chi connectivity index (χ4v) is 2.71. The summed E-state index contributed by atoms with van der Waals surface area (Å²) < 4.78 is 0. The van der Waals surface area contributed by atoms with Gasteiger partial charge in [0.15, 0.2) is 0 Å². The molecule has 21 heavy (non-hydrogen) atoms. The van der Waals surface area contributed by atoms with Crippen LogP contribution < -0.4 is 5.32 Å². The largest absolute Gasteiger partial charge is 0.322 e. The molecule has 1 fully saturated rings. The van der Waals surface area contributed by atoms with Gasteiger partial charge in [0.05, 0.1) is 6.67 Å². The van der Waals surface area contributed by atoms with Crippen LogP contribution in [0, 0.1) is 13.8 Å². The SMILES string of the molecule is Cc1cccc(C)c1NC(=O)N1CCCN(C(C)(C)C)C1. The van der Waals surface area contributed by atoms with Gasteiger partial charge in [0, 0.05) is 24.3 Å². The summed E-state index contributed by atoms with van der Waals surface area (Å²) in [7, 11) is 0. The van der Waals surface area contributed by atoms with Crippen LogP contribution in [-0.2, 0) is 0 Å². The normalized spacial score (nSPS) is 16.9. The minimum Gasteiger partial charge on any atom is -0.311 e. The Morgan fingerprint density at radius 3 is 2.33 bits per heavy atom. The second-order valence-electron chi connectivity index (χ2n) is 6.89. The number of anilines is 1. The molecule has 0 aliphatic carbocycles. The number of hydrogen-bond donors (Lipinski definition) is 1. The number of urea groups is 1. The van der Waals surface area contributed by atoms with E-state index < -0.39 is 0 Å². The van der Waals surface area contributed by atoms with Crippen LogP contribution in [0.4, 0.5) is 10.5 Å². The highest BCUT2D eigenvalue weighted by Crippen LogP contribution is 2.22. The lowest BCUT2D eigenvalue weighted by Gasteiger charge is -2.43. The van der Waals surface area contributed by atoms with Crippen LogP contribution in [0.1, 0.15) is 38.3 Å². The van der Waals surface area contributed by atoms with Crippen molar-refractivity contribution in [3.05, 3.63) is 29.3 Å². The molecular formula is C17H27N3O. The maximum Gasteiger partial charge on any atom is 0.322 e. The number of amides is 2. The molecule has 0 aromatic heterocycles. The summed E-state index contributed by atoms with van der Waals surface area (Å²) in [6.07, 6.45) is 1.03. The van der Waals surface area contributed by atoms with Crippen LogP contribution in [0.3, 0.4) is 0 Å². The van der Waals surface area contributed by atoms with Gasteiger partial charge in [0.25, 0.3) is 0 Å². The number of carbonyl (C=O) groups is 1. The molecule has 2 amide bonds. The van der Waals surface area contributed by atoms with Crippen LogP contribution >= 0.6 is 0 Å². The molecule has 0 bridgehead atoms. The van der Waals surface area contributed by atoms with Crippen molar-refractivity contribution in [2.45, 2.75) is 46.6 Å². The van der Waals surface area contributed by atoms with Crippen LogP contribution in [0.2, 0.25) is 0 Å². The van der Waals surface area contributed by atoms with Crippen molar-refractivity contribution < 1.29 is 4.79 Å². The molecule has 4 heteroatoms. The third-order valence-corrected chi connectivity index (χ3v) is 4.15. The summed E-state index contributed by atoms with van der Waals surface area (Å²) in [6, 6.07) is 6.07. The molecular weight excluding hydrogens is 262 g/mol. The number of rotatable bonds is 1. The Morgan fingerprint density at radius 2 is 1.76 bits per heavy atom. The number of carbonyl (C=O) groups excluding carboxylic acids is 1. The maximum atomic E-state index is 12.5. The predicted octanol–water partition coefficient (Wildman–Crippen LogP) is 3.60. The van der Waals surface area contributed by atoms with E-state index in [1.54, 1.807) is 0 Å². The number of benzene rings is 1. The van der Waals surface area contributed by atoms with E-state index in [2.05, 4.69) is 31.0 Å². The molecule has 2 rings (SSSR count). The van der Waals surface area contributed by atoms with Crippen LogP contribution in [0.5, 0.6) is 0 Å². The lowest BCUT2D eigenvalue weighted by atomic mass is 10.1. The molecule has 116 valence electrons. The van der Waals surface area contributed by atoms with Gasteiger partial charge in [-0.2, -0.15) is 0 Å². The van der Waals surface area contributed by atoms with E-state index >= 15 is 0 Å². The molecule has 1 heterocycles. The summed E-state index contributed by atoms with van der Waals surface area (Å²) in [6.45, 7) is 13.2. The van der Waals surface area contributed by atoms with Crippen molar-refractivity contribution in [2.75, 3.05) is 25.1 Å². The van der Waals surface area contributed by atoms with E-state index in [-0.39, 0.29) is 11.6 Å². The van der Waals surface area contributed by atoms with E-state index in [1.807, 2.05) is 36.9 Å². The Bertz CT molecular complexity index is 499. The van der Waals surface area contributed by atoms with Crippen LogP contribution in [-0.4, -0.2) is 41.1 Å². The fraction of sp³-hybridized carbons (Fsp3) is 0.588. The average Bonchev–Trinajstić information content (AvgIpc) is 2.42. The predicted molar refractivity (Wildman–Crippen MR) is 87.6 cm³/mol. The molecule has 0 spiro atoms. The zero-order valence-corrected chi connectivity index (χ0v) is 13.9.